The molecule has 0 aromatic carbocycles. The van der Waals surface area contributed by atoms with Gasteiger partial charge in [0, 0.05) is 34.3 Å². The third kappa shape index (κ3) is 2.44. The molecule has 0 unspecified atom stereocenters. The van der Waals surface area contributed by atoms with Gasteiger partial charge in [0.05, 0.1) is 6.10 Å². The van der Waals surface area contributed by atoms with E-state index in [0.717, 1.165) is 12.8 Å². The predicted octanol–water partition coefficient (Wildman–Crippen LogP) is -0.0964. The van der Waals surface area contributed by atoms with Crippen LogP contribution in [-0.4, -0.2) is 57.4 Å². The topological polar surface area (TPSA) is 49.9 Å². The Balaban J connectivity index is 2.69. The van der Waals surface area contributed by atoms with Crippen molar-refractivity contribution in [1.82, 2.24) is 8.61 Å². The molecule has 0 spiro atoms. The van der Waals surface area contributed by atoms with E-state index in [-0.39, 0.29) is 6.10 Å². The van der Waals surface area contributed by atoms with Crippen molar-refractivity contribution in [3.63, 3.8) is 0 Å². The van der Waals surface area contributed by atoms with E-state index in [1.165, 1.54) is 8.61 Å². The van der Waals surface area contributed by atoms with Gasteiger partial charge in [-0.05, 0) is 12.8 Å². The molecule has 1 aliphatic rings. The van der Waals surface area contributed by atoms with Crippen LogP contribution < -0.4 is 0 Å². The highest BCUT2D eigenvalue weighted by molar-refractivity contribution is 7.86. The normalized spacial score (nSPS) is 25.6. The summed E-state index contributed by atoms with van der Waals surface area (Å²) in [5, 5.41) is 0. The van der Waals surface area contributed by atoms with Gasteiger partial charge in [-0.2, -0.15) is 17.0 Å². The van der Waals surface area contributed by atoms with Crippen molar-refractivity contribution in [3.05, 3.63) is 0 Å². The summed E-state index contributed by atoms with van der Waals surface area (Å²) in [4.78, 5) is 0. The SMILES string of the molecule is CO[C@@H]1CCCN(S(=O)(=O)N(C)C)C1. The second-order valence-corrected chi connectivity index (χ2v) is 5.79. The highest BCUT2D eigenvalue weighted by atomic mass is 32.2. The summed E-state index contributed by atoms with van der Waals surface area (Å²) in [6.07, 6.45) is 1.85. The minimum Gasteiger partial charge on any atom is -0.380 e. The van der Waals surface area contributed by atoms with Crippen molar-refractivity contribution in [3.8, 4) is 0 Å². The van der Waals surface area contributed by atoms with Crippen molar-refractivity contribution >= 4 is 10.2 Å². The van der Waals surface area contributed by atoms with Crippen LogP contribution in [0.2, 0.25) is 0 Å². The summed E-state index contributed by atoms with van der Waals surface area (Å²) in [7, 11) is 1.46. The van der Waals surface area contributed by atoms with E-state index in [4.69, 9.17) is 4.74 Å². The Bertz CT molecular complexity index is 276. The maximum atomic E-state index is 11.7. The third-order valence-electron chi connectivity index (χ3n) is 2.46. The molecule has 84 valence electrons. The van der Waals surface area contributed by atoms with Crippen molar-refractivity contribution in [2.75, 3.05) is 34.3 Å². The van der Waals surface area contributed by atoms with Crippen LogP contribution in [0.25, 0.3) is 0 Å². The van der Waals surface area contributed by atoms with E-state index >= 15 is 0 Å². The molecule has 0 N–H and O–H groups in total. The molecule has 0 saturated carbocycles. The molecule has 0 radical (unpaired) electrons. The van der Waals surface area contributed by atoms with Gasteiger partial charge in [-0.25, -0.2) is 0 Å². The molecule has 1 heterocycles. The predicted molar refractivity (Wildman–Crippen MR) is 54.2 cm³/mol. The Kier molecular flexibility index (Phi) is 3.88. The fourth-order valence-electron chi connectivity index (χ4n) is 1.54. The molecular weight excluding hydrogens is 204 g/mol. The lowest BCUT2D eigenvalue weighted by Crippen LogP contribution is -2.47. The van der Waals surface area contributed by atoms with Gasteiger partial charge in [-0.1, -0.05) is 0 Å². The average molecular weight is 222 g/mol. The molecule has 14 heavy (non-hydrogen) atoms. The van der Waals surface area contributed by atoms with Crippen LogP contribution in [0.3, 0.4) is 0 Å². The first-order valence-electron chi connectivity index (χ1n) is 4.69. The lowest BCUT2D eigenvalue weighted by Gasteiger charge is -2.32. The van der Waals surface area contributed by atoms with E-state index in [0.29, 0.717) is 13.1 Å². The molecule has 0 amide bonds. The summed E-state index contributed by atoms with van der Waals surface area (Å²) in [5.41, 5.74) is 0. The number of hydrogen-bond acceptors (Lipinski definition) is 3. The van der Waals surface area contributed by atoms with Gasteiger partial charge in [-0.15, -0.1) is 0 Å². The average Bonchev–Trinajstić information content (AvgIpc) is 2.17. The van der Waals surface area contributed by atoms with Crippen LogP contribution in [0.1, 0.15) is 12.8 Å². The van der Waals surface area contributed by atoms with Gasteiger partial charge in [0.15, 0.2) is 0 Å². The highest BCUT2D eigenvalue weighted by Crippen LogP contribution is 2.16. The molecule has 0 aliphatic carbocycles. The lowest BCUT2D eigenvalue weighted by atomic mass is 10.1. The van der Waals surface area contributed by atoms with Gasteiger partial charge >= 0.3 is 0 Å². The zero-order valence-electron chi connectivity index (χ0n) is 8.93. The van der Waals surface area contributed by atoms with E-state index in [9.17, 15) is 8.42 Å². The summed E-state index contributed by atoms with van der Waals surface area (Å²) in [5.74, 6) is 0. The fourth-order valence-corrected chi connectivity index (χ4v) is 2.71. The standard InChI is InChI=1S/C8H18N2O3S/c1-9(2)14(11,12)10-6-4-5-8(7-10)13-3/h8H,4-7H2,1-3H3/t8-/m1/s1. The first-order chi connectivity index (χ1) is 6.48. The number of nitrogens with zero attached hydrogens (tertiary/aromatic N) is 2. The minimum absolute atomic E-state index is 0.0403. The molecule has 0 aromatic heterocycles. The Morgan fingerprint density at radius 1 is 1.43 bits per heavy atom. The van der Waals surface area contributed by atoms with Gasteiger partial charge in [0.1, 0.15) is 0 Å². The summed E-state index contributed by atoms with van der Waals surface area (Å²) >= 11 is 0. The van der Waals surface area contributed by atoms with E-state index in [2.05, 4.69) is 0 Å². The van der Waals surface area contributed by atoms with Crippen molar-refractivity contribution in [2.24, 2.45) is 0 Å². The molecule has 0 bridgehead atoms. The summed E-state index contributed by atoms with van der Waals surface area (Å²) in [6, 6.07) is 0. The van der Waals surface area contributed by atoms with Crippen LogP contribution in [-0.2, 0) is 14.9 Å². The van der Waals surface area contributed by atoms with Gasteiger partial charge < -0.3 is 4.74 Å². The van der Waals surface area contributed by atoms with Crippen molar-refractivity contribution < 1.29 is 13.2 Å². The van der Waals surface area contributed by atoms with Gasteiger partial charge in [0.25, 0.3) is 10.2 Å². The number of methoxy groups -OCH3 is 1. The van der Waals surface area contributed by atoms with Crippen LogP contribution in [0.15, 0.2) is 0 Å². The van der Waals surface area contributed by atoms with Crippen LogP contribution in [0.4, 0.5) is 0 Å². The third-order valence-corrected chi connectivity index (χ3v) is 4.37. The first-order valence-corrected chi connectivity index (χ1v) is 6.08. The molecule has 1 aliphatic heterocycles. The Morgan fingerprint density at radius 3 is 2.57 bits per heavy atom. The number of ether oxygens (including phenoxy) is 1. The molecule has 6 heteroatoms. The van der Waals surface area contributed by atoms with E-state index in [1.54, 1.807) is 21.2 Å². The molecule has 5 nitrogen and oxygen atoms in total. The molecule has 1 rings (SSSR count). The minimum atomic E-state index is -3.26. The van der Waals surface area contributed by atoms with Crippen molar-refractivity contribution in [2.45, 2.75) is 18.9 Å². The Hall–Kier alpha value is -0.170. The quantitative estimate of drug-likeness (QED) is 0.670. The van der Waals surface area contributed by atoms with Crippen molar-refractivity contribution in [1.29, 1.82) is 0 Å². The second-order valence-electron chi connectivity index (χ2n) is 3.65. The molecule has 1 fully saturated rings. The zero-order valence-corrected chi connectivity index (χ0v) is 9.75. The number of rotatable bonds is 3. The molecule has 1 saturated heterocycles. The van der Waals surface area contributed by atoms with Gasteiger partial charge in [-0.3, -0.25) is 0 Å². The molecular formula is C8H18N2O3S. The van der Waals surface area contributed by atoms with E-state index in [1.807, 2.05) is 0 Å². The maximum absolute atomic E-state index is 11.7. The van der Waals surface area contributed by atoms with Crippen LogP contribution >= 0.6 is 0 Å². The Morgan fingerprint density at radius 2 is 2.07 bits per heavy atom. The second kappa shape index (κ2) is 4.57. The number of hydrogen-bond donors (Lipinski definition) is 0. The summed E-state index contributed by atoms with van der Waals surface area (Å²) < 4.78 is 31.4. The molecule has 1 atom stereocenters. The van der Waals surface area contributed by atoms with Crippen LogP contribution in [0.5, 0.6) is 0 Å². The maximum Gasteiger partial charge on any atom is 0.281 e. The zero-order chi connectivity index (χ0) is 10.8. The monoisotopic (exact) mass is 222 g/mol. The highest BCUT2D eigenvalue weighted by Gasteiger charge is 2.30. The summed E-state index contributed by atoms with van der Waals surface area (Å²) in [6.45, 7) is 1.07. The fraction of sp³-hybridized carbons (Fsp3) is 1.00. The van der Waals surface area contributed by atoms with Gasteiger partial charge in [0.2, 0.25) is 0 Å². The van der Waals surface area contributed by atoms with E-state index < -0.39 is 10.2 Å². The first kappa shape index (κ1) is 11.9. The number of piperidine rings is 1. The smallest absolute Gasteiger partial charge is 0.281 e. The van der Waals surface area contributed by atoms with Crippen LogP contribution in [0, 0.1) is 0 Å². The molecule has 0 aromatic rings. The Labute approximate surface area is 85.8 Å². The largest absolute Gasteiger partial charge is 0.380 e. The lowest BCUT2D eigenvalue weighted by molar-refractivity contribution is 0.0558.